The molecular formula is C13H29N. The molecule has 2 unspecified atom stereocenters. The molecule has 1 aliphatic heterocycles. The maximum absolute atomic E-state index is 2.50. The maximum atomic E-state index is 2.50. The average Bonchev–Trinajstić information content (AvgIpc) is 3.03. The van der Waals surface area contributed by atoms with Gasteiger partial charge in [0.25, 0.3) is 0 Å². The number of hydrogen-bond acceptors (Lipinski definition) is 1. The quantitative estimate of drug-likeness (QED) is 0.621. The predicted molar refractivity (Wildman–Crippen MR) is 65.6 cm³/mol. The van der Waals surface area contributed by atoms with Gasteiger partial charge < -0.3 is 4.90 Å². The van der Waals surface area contributed by atoms with Crippen molar-refractivity contribution in [3.05, 3.63) is 0 Å². The van der Waals surface area contributed by atoms with E-state index < -0.39 is 0 Å². The van der Waals surface area contributed by atoms with Crippen LogP contribution >= 0.6 is 0 Å². The summed E-state index contributed by atoms with van der Waals surface area (Å²) in [5.74, 6) is 2.16. The molecule has 0 radical (unpaired) electrons. The van der Waals surface area contributed by atoms with Crippen LogP contribution in [0.3, 0.4) is 0 Å². The Morgan fingerprint density at radius 2 is 1.43 bits per heavy atom. The summed E-state index contributed by atoms with van der Waals surface area (Å²) in [7, 11) is 2.26. The van der Waals surface area contributed by atoms with E-state index in [1.807, 2.05) is 27.7 Å². The van der Waals surface area contributed by atoms with Gasteiger partial charge in [0, 0.05) is 6.04 Å². The first-order valence-corrected chi connectivity index (χ1v) is 6.49. The lowest BCUT2D eigenvalue weighted by atomic mass is 9.96. The largest absolute Gasteiger partial charge is 0.303 e. The van der Waals surface area contributed by atoms with Gasteiger partial charge >= 0.3 is 0 Å². The Hall–Kier alpha value is -0.0400. The summed E-state index contributed by atoms with van der Waals surface area (Å²) in [6.07, 6.45) is 4.49. The van der Waals surface area contributed by atoms with Crippen LogP contribution in [0, 0.1) is 11.8 Å². The summed E-state index contributed by atoms with van der Waals surface area (Å²) in [6.45, 7) is 11.7. The minimum atomic E-state index is 0.868. The molecule has 0 spiro atoms. The summed E-state index contributed by atoms with van der Waals surface area (Å²) in [6, 6.07) is 0.868. The fourth-order valence-corrected chi connectivity index (χ4v) is 2.28. The van der Waals surface area contributed by atoms with Crippen LogP contribution in [0.1, 0.15) is 53.9 Å². The van der Waals surface area contributed by atoms with Crippen molar-refractivity contribution in [1.82, 2.24) is 4.90 Å². The van der Waals surface area contributed by atoms with E-state index >= 15 is 0 Å². The second-order valence-electron chi connectivity index (χ2n) is 4.01. The van der Waals surface area contributed by atoms with Crippen molar-refractivity contribution < 1.29 is 0 Å². The van der Waals surface area contributed by atoms with Gasteiger partial charge in [0.15, 0.2) is 0 Å². The number of hydrogen-bond donors (Lipinski definition) is 0. The third kappa shape index (κ3) is 3.61. The lowest BCUT2D eigenvalue weighted by Gasteiger charge is -2.19. The second-order valence-corrected chi connectivity index (χ2v) is 4.01. The summed E-state index contributed by atoms with van der Waals surface area (Å²) < 4.78 is 0. The predicted octanol–water partition coefficient (Wildman–Crippen LogP) is 3.79. The van der Waals surface area contributed by atoms with Gasteiger partial charge in [0.2, 0.25) is 0 Å². The molecule has 0 bridgehead atoms. The van der Waals surface area contributed by atoms with E-state index in [2.05, 4.69) is 18.9 Å². The van der Waals surface area contributed by atoms with Crippen LogP contribution in [-0.2, 0) is 0 Å². The topological polar surface area (TPSA) is 3.24 Å². The van der Waals surface area contributed by atoms with Gasteiger partial charge in [0.05, 0.1) is 0 Å². The Morgan fingerprint density at radius 1 is 0.929 bits per heavy atom. The van der Waals surface area contributed by atoms with Crippen LogP contribution in [0.2, 0.25) is 0 Å². The van der Waals surface area contributed by atoms with Gasteiger partial charge in [0.1, 0.15) is 0 Å². The summed E-state index contributed by atoms with van der Waals surface area (Å²) >= 11 is 0. The Morgan fingerprint density at radius 3 is 1.71 bits per heavy atom. The van der Waals surface area contributed by atoms with E-state index in [4.69, 9.17) is 0 Å². The minimum absolute atomic E-state index is 0.868. The molecule has 2 fully saturated rings. The van der Waals surface area contributed by atoms with Crippen molar-refractivity contribution in [3.63, 3.8) is 0 Å². The standard InChI is InChI=1S/C9H17N.2C2H6/c1-7-9(8-3-4-8)5-6-10(7)2;2*1-2/h7-9H,3-6H2,1-2H3;2*1-2H3. The van der Waals surface area contributed by atoms with Gasteiger partial charge in [-0.15, -0.1) is 0 Å². The molecule has 1 aliphatic carbocycles. The molecule has 0 amide bonds. The molecule has 14 heavy (non-hydrogen) atoms. The van der Waals surface area contributed by atoms with E-state index in [-0.39, 0.29) is 0 Å². The average molecular weight is 199 g/mol. The van der Waals surface area contributed by atoms with Gasteiger partial charge in [-0.05, 0) is 51.6 Å². The summed E-state index contributed by atoms with van der Waals surface area (Å²) in [5, 5.41) is 0. The van der Waals surface area contributed by atoms with E-state index in [1.54, 1.807) is 0 Å². The van der Waals surface area contributed by atoms with Crippen molar-refractivity contribution in [1.29, 1.82) is 0 Å². The molecule has 1 nitrogen and oxygen atoms in total. The zero-order chi connectivity index (χ0) is 11.1. The Kier molecular flexibility index (Phi) is 7.26. The zero-order valence-corrected chi connectivity index (χ0v) is 11.0. The van der Waals surface area contributed by atoms with E-state index in [0.29, 0.717) is 0 Å². The smallest absolute Gasteiger partial charge is 0.00952 e. The highest BCUT2D eigenvalue weighted by Crippen LogP contribution is 2.43. The normalized spacial score (nSPS) is 31.3. The van der Waals surface area contributed by atoms with Crippen molar-refractivity contribution in [2.24, 2.45) is 11.8 Å². The SMILES string of the molecule is CC.CC.CC1C(C2CC2)CCN1C. The fraction of sp³-hybridized carbons (Fsp3) is 1.00. The number of nitrogens with zero attached hydrogens (tertiary/aromatic N) is 1. The first-order valence-electron chi connectivity index (χ1n) is 6.49. The van der Waals surface area contributed by atoms with E-state index in [9.17, 15) is 0 Å². The number of rotatable bonds is 1. The molecule has 0 N–H and O–H groups in total. The van der Waals surface area contributed by atoms with Gasteiger partial charge in [-0.1, -0.05) is 27.7 Å². The monoisotopic (exact) mass is 199 g/mol. The molecule has 1 saturated carbocycles. The first kappa shape index (κ1) is 14.0. The van der Waals surface area contributed by atoms with Crippen LogP contribution in [0.15, 0.2) is 0 Å². The van der Waals surface area contributed by atoms with Crippen molar-refractivity contribution in [2.75, 3.05) is 13.6 Å². The molecule has 0 aromatic rings. The summed E-state index contributed by atoms with van der Waals surface area (Å²) in [5.41, 5.74) is 0. The van der Waals surface area contributed by atoms with Gasteiger partial charge in [-0.3, -0.25) is 0 Å². The molecule has 1 heterocycles. The molecular weight excluding hydrogens is 170 g/mol. The van der Waals surface area contributed by atoms with Crippen LogP contribution in [-0.4, -0.2) is 24.5 Å². The third-order valence-corrected chi connectivity index (χ3v) is 3.36. The van der Waals surface area contributed by atoms with E-state index in [1.165, 1.54) is 25.8 Å². The van der Waals surface area contributed by atoms with Gasteiger partial charge in [-0.25, -0.2) is 0 Å². The zero-order valence-electron chi connectivity index (χ0n) is 11.0. The number of likely N-dealkylation sites (tertiary alicyclic amines) is 1. The Balaban J connectivity index is 0.000000379. The van der Waals surface area contributed by atoms with Crippen LogP contribution in [0.5, 0.6) is 0 Å². The second kappa shape index (κ2) is 7.28. The molecule has 0 aromatic heterocycles. The van der Waals surface area contributed by atoms with E-state index in [0.717, 1.165) is 17.9 Å². The molecule has 2 atom stereocenters. The van der Waals surface area contributed by atoms with Crippen LogP contribution < -0.4 is 0 Å². The van der Waals surface area contributed by atoms with Gasteiger partial charge in [-0.2, -0.15) is 0 Å². The lowest BCUT2D eigenvalue weighted by molar-refractivity contribution is 0.277. The Labute approximate surface area is 90.9 Å². The fourth-order valence-electron chi connectivity index (χ4n) is 2.28. The molecule has 1 saturated heterocycles. The maximum Gasteiger partial charge on any atom is 0.00952 e. The lowest BCUT2D eigenvalue weighted by Crippen LogP contribution is -2.26. The molecule has 0 aromatic carbocycles. The Bertz CT molecular complexity index is 129. The van der Waals surface area contributed by atoms with Crippen LogP contribution in [0.25, 0.3) is 0 Å². The molecule has 2 aliphatic rings. The minimum Gasteiger partial charge on any atom is -0.303 e. The third-order valence-electron chi connectivity index (χ3n) is 3.36. The van der Waals surface area contributed by atoms with Crippen molar-refractivity contribution >= 4 is 0 Å². The summed E-state index contributed by atoms with van der Waals surface area (Å²) in [4.78, 5) is 2.50. The first-order chi connectivity index (χ1) is 6.79. The molecule has 2 rings (SSSR count). The van der Waals surface area contributed by atoms with Crippen LogP contribution in [0.4, 0.5) is 0 Å². The van der Waals surface area contributed by atoms with Crippen molar-refractivity contribution in [2.45, 2.75) is 59.9 Å². The highest BCUT2D eigenvalue weighted by molar-refractivity contribution is 4.91. The molecule has 86 valence electrons. The highest BCUT2D eigenvalue weighted by Gasteiger charge is 2.39. The highest BCUT2D eigenvalue weighted by atomic mass is 15.1. The van der Waals surface area contributed by atoms with Crippen molar-refractivity contribution in [3.8, 4) is 0 Å². The molecule has 1 heteroatoms.